The highest BCUT2D eigenvalue weighted by atomic mass is 16.2. The number of rotatable bonds is 5. The molecule has 0 aromatic heterocycles. The van der Waals surface area contributed by atoms with E-state index in [4.69, 9.17) is 0 Å². The number of likely N-dealkylation sites (tertiary alicyclic amines) is 2. The number of amides is 1. The number of hydrogen-bond acceptors (Lipinski definition) is 2. The molecule has 1 amide bonds. The number of piperazine rings is 1. The van der Waals surface area contributed by atoms with E-state index in [1.807, 2.05) is 0 Å². The van der Waals surface area contributed by atoms with E-state index in [0.717, 1.165) is 37.9 Å². The second-order valence-electron chi connectivity index (χ2n) is 12.0. The lowest BCUT2D eigenvalue weighted by Crippen LogP contribution is -2.92. The van der Waals surface area contributed by atoms with Gasteiger partial charge in [0.25, 0.3) is 0 Å². The van der Waals surface area contributed by atoms with E-state index < -0.39 is 0 Å². The van der Waals surface area contributed by atoms with Gasteiger partial charge in [0.1, 0.15) is 0 Å². The summed E-state index contributed by atoms with van der Waals surface area (Å²) < 4.78 is 0. The van der Waals surface area contributed by atoms with Gasteiger partial charge in [-0.3, -0.25) is 9.69 Å². The van der Waals surface area contributed by atoms with Gasteiger partial charge in [0, 0.05) is 43.6 Å². The van der Waals surface area contributed by atoms with Gasteiger partial charge in [0.15, 0.2) is 0 Å². The van der Waals surface area contributed by atoms with Crippen molar-refractivity contribution in [3.63, 3.8) is 0 Å². The zero-order valence-corrected chi connectivity index (χ0v) is 18.7. The van der Waals surface area contributed by atoms with E-state index >= 15 is 0 Å². The third kappa shape index (κ3) is 1.90. The number of carbonyl (C=O) groups is 1. The first kappa shape index (κ1) is 18.3. The molecule has 2 aromatic carbocycles. The number of carbonyl (C=O) groups excluding carboxylic acids is 1. The Labute approximate surface area is 190 Å². The fourth-order valence-electron chi connectivity index (χ4n) is 10.4. The van der Waals surface area contributed by atoms with Crippen molar-refractivity contribution in [3.05, 3.63) is 71.8 Å². The zero-order valence-electron chi connectivity index (χ0n) is 18.7. The van der Waals surface area contributed by atoms with E-state index in [-0.39, 0.29) is 0 Å². The van der Waals surface area contributed by atoms with Gasteiger partial charge in [-0.05, 0) is 65.9 Å². The average Bonchev–Trinajstić information content (AvgIpc) is 3.36. The molecule has 7 unspecified atom stereocenters. The molecule has 0 N–H and O–H groups in total. The molecular weight excluding hydrogens is 392 g/mol. The highest BCUT2D eigenvalue weighted by molar-refractivity contribution is 5.79. The molecule has 164 valence electrons. The van der Waals surface area contributed by atoms with Crippen LogP contribution in [0.4, 0.5) is 0 Å². The lowest BCUT2D eigenvalue weighted by Gasteiger charge is -2.96. The van der Waals surface area contributed by atoms with Crippen molar-refractivity contribution in [1.29, 1.82) is 0 Å². The summed E-state index contributed by atoms with van der Waals surface area (Å²) in [6, 6.07) is 23.1. The Balaban J connectivity index is 0.980. The number of nitrogens with zero attached hydrogens (tertiary/aromatic N) is 2. The predicted molar refractivity (Wildman–Crippen MR) is 124 cm³/mol. The SMILES string of the molecule is O=C(CC12CC3CC4CC(c5ccccc5)(C1)C342)N1CC2CC1CN2Cc1ccccc1. The molecule has 4 saturated carbocycles. The Hall–Kier alpha value is -2.13. The fourth-order valence-corrected chi connectivity index (χ4v) is 10.4. The topological polar surface area (TPSA) is 23.6 Å². The monoisotopic (exact) mass is 424 g/mol. The molecule has 8 rings (SSSR count). The van der Waals surface area contributed by atoms with Crippen LogP contribution in [0.3, 0.4) is 0 Å². The summed E-state index contributed by atoms with van der Waals surface area (Å²) in [6.07, 6.45) is 7.42. The highest BCUT2D eigenvalue weighted by Crippen LogP contribution is 2.98. The molecule has 2 bridgehead atoms. The van der Waals surface area contributed by atoms with Crippen LogP contribution in [0.2, 0.25) is 0 Å². The van der Waals surface area contributed by atoms with Gasteiger partial charge in [-0.25, -0.2) is 0 Å². The lowest BCUT2D eigenvalue weighted by molar-refractivity contribution is -0.447. The summed E-state index contributed by atoms with van der Waals surface area (Å²) in [5.41, 5.74) is 4.20. The first-order valence-corrected chi connectivity index (χ1v) is 12.8. The second-order valence-corrected chi connectivity index (χ2v) is 12.0. The Morgan fingerprint density at radius 3 is 2.31 bits per heavy atom. The van der Waals surface area contributed by atoms with Gasteiger partial charge >= 0.3 is 0 Å². The maximum absolute atomic E-state index is 13.6. The summed E-state index contributed by atoms with van der Waals surface area (Å²) in [5.74, 6) is 2.28. The molecular formula is C29H32N2O. The molecule has 2 aliphatic heterocycles. The maximum Gasteiger partial charge on any atom is 0.223 e. The summed E-state index contributed by atoms with van der Waals surface area (Å²) in [7, 11) is 0. The van der Waals surface area contributed by atoms with Gasteiger partial charge in [-0.2, -0.15) is 0 Å². The largest absolute Gasteiger partial charge is 0.337 e. The first-order chi connectivity index (χ1) is 15.7. The Kier molecular flexibility index (Phi) is 3.35. The molecule has 2 saturated heterocycles. The Bertz CT molecular complexity index is 1090. The van der Waals surface area contributed by atoms with Gasteiger partial charge in [-0.1, -0.05) is 60.7 Å². The van der Waals surface area contributed by atoms with Crippen LogP contribution in [0.25, 0.3) is 0 Å². The molecule has 2 heterocycles. The minimum Gasteiger partial charge on any atom is -0.337 e. The summed E-state index contributed by atoms with van der Waals surface area (Å²) in [6.45, 7) is 3.04. The van der Waals surface area contributed by atoms with E-state index in [0.29, 0.717) is 34.2 Å². The number of benzene rings is 2. The van der Waals surface area contributed by atoms with Crippen molar-refractivity contribution in [2.24, 2.45) is 22.7 Å². The van der Waals surface area contributed by atoms with E-state index in [9.17, 15) is 4.79 Å². The maximum atomic E-state index is 13.6. The lowest BCUT2D eigenvalue weighted by atomic mass is 9.07. The van der Waals surface area contributed by atoms with Gasteiger partial charge < -0.3 is 4.90 Å². The number of fused-ring (bicyclic) bond motifs is 2. The quantitative estimate of drug-likeness (QED) is 0.699. The molecule has 2 aromatic rings. The normalized spacial score (nSPS) is 44.6. The van der Waals surface area contributed by atoms with Gasteiger partial charge in [0.05, 0.1) is 0 Å². The fraction of sp³-hybridized carbons (Fsp3) is 0.552. The summed E-state index contributed by atoms with van der Waals surface area (Å²) >= 11 is 0. The van der Waals surface area contributed by atoms with Crippen LogP contribution in [0, 0.1) is 22.7 Å². The van der Waals surface area contributed by atoms with Crippen molar-refractivity contribution in [3.8, 4) is 0 Å². The highest BCUT2D eigenvalue weighted by Gasteiger charge is 2.93. The zero-order chi connectivity index (χ0) is 21.1. The molecule has 7 atom stereocenters. The standard InChI is InChI=1S/C29H32N2O/c32-26(31-18-24-12-25(31)17-30(24)16-20-7-3-1-4-8-20)15-27-13-22-11-23-14-28(19-27,29(22,23)27)21-9-5-2-6-10-21/h1-10,22-25H,11-19H2. The predicted octanol–water partition coefficient (Wildman–Crippen LogP) is 4.62. The third-order valence-corrected chi connectivity index (χ3v) is 11.1. The summed E-state index contributed by atoms with van der Waals surface area (Å²) in [4.78, 5) is 18.5. The van der Waals surface area contributed by atoms with Crippen LogP contribution in [-0.4, -0.2) is 40.9 Å². The van der Waals surface area contributed by atoms with Crippen molar-refractivity contribution in [2.75, 3.05) is 13.1 Å². The molecule has 32 heavy (non-hydrogen) atoms. The van der Waals surface area contributed by atoms with Crippen LogP contribution >= 0.6 is 0 Å². The molecule has 3 heteroatoms. The van der Waals surface area contributed by atoms with Crippen LogP contribution in [-0.2, 0) is 16.8 Å². The van der Waals surface area contributed by atoms with Crippen LogP contribution < -0.4 is 0 Å². The van der Waals surface area contributed by atoms with Gasteiger partial charge in [0.2, 0.25) is 5.91 Å². The van der Waals surface area contributed by atoms with Gasteiger partial charge in [-0.15, -0.1) is 0 Å². The Morgan fingerprint density at radius 1 is 0.875 bits per heavy atom. The van der Waals surface area contributed by atoms with Crippen molar-refractivity contribution < 1.29 is 4.79 Å². The van der Waals surface area contributed by atoms with Crippen LogP contribution in [0.1, 0.15) is 49.7 Å². The number of hydrogen-bond donors (Lipinski definition) is 0. The Morgan fingerprint density at radius 2 is 1.62 bits per heavy atom. The summed E-state index contributed by atoms with van der Waals surface area (Å²) in [5, 5.41) is 0. The molecule has 6 aliphatic rings. The molecule has 4 aliphatic carbocycles. The third-order valence-electron chi connectivity index (χ3n) is 11.1. The van der Waals surface area contributed by atoms with Crippen LogP contribution in [0.15, 0.2) is 60.7 Å². The second kappa shape index (κ2) is 5.86. The van der Waals surface area contributed by atoms with Crippen molar-refractivity contribution >= 4 is 5.91 Å². The average molecular weight is 425 g/mol. The minimum absolute atomic E-state index is 0.331. The van der Waals surface area contributed by atoms with Crippen molar-refractivity contribution in [2.45, 2.75) is 62.6 Å². The van der Waals surface area contributed by atoms with E-state index in [1.165, 1.54) is 37.7 Å². The van der Waals surface area contributed by atoms with Crippen molar-refractivity contribution in [1.82, 2.24) is 9.80 Å². The molecule has 1 spiro atoms. The molecule has 0 radical (unpaired) electrons. The minimum atomic E-state index is 0.331. The first-order valence-electron chi connectivity index (χ1n) is 12.8. The van der Waals surface area contributed by atoms with E-state index in [2.05, 4.69) is 70.5 Å². The van der Waals surface area contributed by atoms with Crippen LogP contribution in [0.5, 0.6) is 0 Å². The van der Waals surface area contributed by atoms with E-state index in [1.54, 1.807) is 5.56 Å². The smallest absolute Gasteiger partial charge is 0.223 e. The molecule has 6 fully saturated rings. The molecule has 3 nitrogen and oxygen atoms in total.